The first kappa shape index (κ1) is 11.3. The monoisotopic (exact) mass is 233 g/mol. The number of anilines is 1. The van der Waals surface area contributed by atoms with Crippen LogP contribution in [-0.2, 0) is 0 Å². The van der Waals surface area contributed by atoms with Crippen molar-refractivity contribution in [1.29, 1.82) is 0 Å². The highest BCUT2D eigenvalue weighted by Gasteiger charge is 2.11. The number of rotatable bonds is 3. The van der Waals surface area contributed by atoms with Gasteiger partial charge in [-0.25, -0.2) is 4.39 Å². The summed E-state index contributed by atoms with van der Waals surface area (Å²) in [6, 6.07) is 8.36. The molecule has 1 aromatic heterocycles. The molecule has 0 spiro atoms. The van der Waals surface area contributed by atoms with E-state index in [1.807, 2.05) is 0 Å². The van der Waals surface area contributed by atoms with Gasteiger partial charge in [-0.1, -0.05) is 6.07 Å². The van der Waals surface area contributed by atoms with Crippen LogP contribution in [0.1, 0.15) is 0 Å². The second-order valence-corrected chi connectivity index (χ2v) is 3.38. The van der Waals surface area contributed by atoms with E-state index < -0.39 is 5.82 Å². The Hall–Kier alpha value is -2.17. The van der Waals surface area contributed by atoms with E-state index in [4.69, 9.17) is 4.74 Å². The molecule has 0 amide bonds. The number of hydrogen-bond donors (Lipinski definition) is 1. The van der Waals surface area contributed by atoms with Crippen LogP contribution in [0.25, 0.3) is 11.3 Å². The molecule has 2 aromatic rings. The molecule has 88 valence electrons. The topological polar surface area (TPSA) is 47.0 Å². The van der Waals surface area contributed by atoms with Crippen molar-refractivity contribution in [3.05, 3.63) is 36.1 Å². The standard InChI is InChI=1S/C12H12FN3O/c1-14-11-7-6-9(15-16-11)8-4-3-5-10(17-2)12(8)13/h3-7H,1-2H3,(H,14,16). The molecular formula is C12H12FN3O. The third-order valence-electron chi connectivity index (χ3n) is 2.38. The molecule has 1 aromatic carbocycles. The van der Waals surface area contributed by atoms with Crippen molar-refractivity contribution >= 4 is 5.82 Å². The van der Waals surface area contributed by atoms with E-state index in [1.54, 1.807) is 37.4 Å². The second-order valence-electron chi connectivity index (χ2n) is 3.38. The molecule has 0 bridgehead atoms. The zero-order valence-electron chi connectivity index (χ0n) is 9.57. The highest BCUT2D eigenvalue weighted by molar-refractivity contribution is 5.62. The van der Waals surface area contributed by atoms with Gasteiger partial charge in [0.25, 0.3) is 0 Å². The van der Waals surface area contributed by atoms with Crippen LogP contribution in [0, 0.1) is 5.82 Å². The van der Waals surface area contributed by atoms with Crippen LogP contribution in [0.2, 0.25) is 0 Å². The Bertz CT molecular complexity index is 514. The van der Waals surface area contributed by atoms with Gasteiger partial charge < -0.3 is 10.1 Å². The third kappa shape index (κ3) is 2.18. The SMILES string of the molecule is CNc1ccc(-c2cccc(OC)c2F)nn1. The zero-order valence-corrected chi connectivity index (χ0v) is 9.57. The Kier molecular flexibility index (Phi) is 3.18. The molecule has 2 rings (SSSR count). The second kappa shape index (κ2) is 4.78. The van der Waals surface area contributed by atoms with E-state index in [9.17, 15) is 4.39 Å². The first-order chi connectivity index (χ1) is 8.26. The molecule has 0 atom stereocenters. The van der Waals surface area contributed by atoms with Crippen molar-refractivity contribution in [1.82, 2.24) is 10.2 Å². The van der Waals surface area contributed by atoms with Gasteiger partial charge in [-0.15, -0.1) is 10.2 Å². The predicted molar refractivity (Wildman–Crippen MR) is 63.5 cm³/mol. The molecule has 0 unspecified atom stereocenters. The Morgan fingerprint density at radius 3 is 2.59 bits per heavy atom. The fraction of sp³-hybridized carbons (Fsp3) is 0.167. The van der Waals surface area contributed by atoms with Crippen LogP contribution < -0.4 is 10.1 Å². The third-order valence-corrected chi connectivity index (χ3v) is 2.38. The van der Waals surface area contributed by atoms with Gasteiger partial charge in [0.05, 0.1) is 12.8 Å². The van der Waals surface area contributed by atoms with Gasteiger partial charge in [0.2, 0.25) is 0 Å². The van der Waals surface area contributed by atoms with Crippen molar-refractivity contribution in [2.75, 3.05) is 19.5 Å². The first-order valence-electron chi connectivity index (χ1n) is 5.10. The average Bonchev–Trinajstić information content (AvgIpc) is 2.39. The van der Waals surface area contributed by atoms with Crippen LogP contribution in [0.3, 0.4) is 0 Å². The van der Waals surface area contributed by atoms with Gasteiger partial charge in [-0.05, 0) is 24.3 Å². The summed E-state index contributed by atoms with van der Waals surface area (Å²) >= 11 is 0. The Balaban J connectivity index is 2.45. The molecule has 0 saturated heterocycles. The van der Waals surface area contributed by atoms with Crippen LogP contribution in [0.4, 0.5) is 10.2 Å². The predicted octanol–water partition coefficient (Wildman–Crippen LogP) is 2.33. The maximum atomic E-state index is 13.9. The van der Waals surface area contributed by atoms with E-state index in [0.29, 0.717) is 17.1 Å². The summed E-state index contributed by atoms with van der Waals surface area (Å²) < 4.78 is 18.8. The molecule has 0 fully saturated rings. The molecule has 1 heterocycles. The molecular weight excluding hydrogens is 221 g/mol. The number of methoxy groups -OCH3 is 1. The molecule has 17 heavy (non-hydrogen) atoms. The number of nitrogens with one attached hydrogen (secondary N) is 1. The summed E-state index contributed by atoms with van der Waals surface area (Å²) in [5, 5.41) is 10.7. The molecule has 0 radical (unpaired) electrons. The van der Waals surface area contributed by atoms with Crippen LogP contribution in [-0.4, -0.2) is 24.4 Å². The summed E-state index contributed by atoms with van der Waals surface area (Å²) in [5.41, 5.74) is 0.847. The maximum Gasteiger partial charge on any atom is 0.174 e. The Morgan fingerprint density at radius 1 is 1.18 bits per heavy atom. The van der Waals surface area contributed by atoms with E-state index in [2.05, 4.69) is 15.5 Å². The van der Waals surface area contributed by atoms with Gasteiger partial charge in [0.15, 0.2) is 11.6 Å². The van der Waals surface area contributed by atoms with Gasteiger partial charge >= 0.3 is 0 Å². The summed E-state index contributed by atoms with van der Waals surface area (Å²) in [7, 11) is 3.17. The van der Waals surface area contributed by atoms with E-state index >= 15 is 0 Å². The van der Waals surface area contributed by atoms with Crippen LogP contribution >= 0.6 is 0 Å². The fourth-order valence-electron chi connectivity index (χ4n) is 1.48. The number of ether oxygens (including phenoxy) is 1. The number of nitrogens with zero attached hydrogens (tertiary/aromatic N) is 2. The lowest BCUT2D eigenvalue weighted by atomic mass is 10.1. The van der Waals surface area contributed by atoms with Crippen molar-refractivity contribution in [3.8, 4) is 17.0 Å². The van der Waals surface area contributed by atoms with Crippen molar-refractivity contribution in [3.63, 3.8) is 0 Å². The quantitative estimate of drug-likeness (QED) is 0.883. The van der Waals surface area contributed by atoms with Crippen molar-refractivity contribution in [2.45, 2.75) is 0 Å². The van der Waals surface area contributed by atoms with Crippen molar-refractivity contribution < 1.29 is 9.13 Å². The molecule has 0 aliphatic rings. The largest absolute Gasteiger partial charge is 0.494 e. The minimum absolute atomic E-state index is 0.196. The minimum atomic E-state index is -0.429. The minimum Gasteiger partial charge on any atom is -0.494 e. The lowest BCUT2D eigenvalue weighted by Crippen LogP contribution is -1.97. The zero-order chi connectivity index (χ0) is 12.3. The number of hydrogen-bond acceptors (Lipinski definition) is 4. The Morgan fingerprint density at radius 2 is 2.00 bits per heavy atom. The van der Waals surface area contributed by atoms with Crippen LogP contribution in [0.5, 0.6) is 5.75 Å². The summed E-state index contributed by atoms with van der Waals surface area (Å²) in [5.74, 6) is 0.403. The van der Waals surface area contributed by atoms with Gasteiger partial charge in [-0.2, -0.15) is 0 Å². The molecule has 0 saturated carbocycles. The summed E-state index contributed by atoms with van der Waals surface area (Å²) in [6.45, 7) is 0. The lowest BCUT2D eigenvalue weighted by Gasteiger charge is -2.06. The van der Waals surface area contributed by atoms with Gasteiger partial charge in [0, 0.05) is 12.6 Å². The summed E-state index contributed by atoms with van der Waals surface area (Å²) in [4.78, 5) is 0. The maximum absolute atomic E-state index is 13.9. The molecule has 4 nitrogen and oxygen atoms in total. The highest BCUT2D eigenvalue weighted by Crippen LogP contribution is 2.27. The number of benzene rings is 1. The smallest absolute Gasteiger partial charge is 0.174 e. The van der Waals surface area contributed by atoms with E-state index in [-0.39, 0.29) is 5.75 Å². The fourth-order valence-corrected chi connectivity index (χ4v) is 1.48. The Labute approximate surface area is 98.5 Å². The number of halogens is 1. The van der Waals surface area contributed by atoms with Gasteiger partial charge in [0.1, 0.15) is 5.82 Å². The lowest BCUT2D eigenvalue weighted by molar-refractivity contribution is 0.387. The normalized spacial score (nSPS) is 10.1. The van der Waals surface area contributed by atoms with Crippen LogP contribution in [0.15, 0.2) is 30.3 Å². The van der Waals surface area contributed by atoms with Gasteiger partial charge in [-0.3, -0.25) is 0 Å². The molecule has 0 aliphatic heterocycles. The summed E-state index contributed by atoms with van der Waals surface area (Å²) in [6.07, 6.45) is 0. The van der Waals surface area contributed by atoms with Crippen molar-refractivity contribution in [2.24, 2.45) is 0 Å². The molecule has 5 heteroatoms. The molecule has 0 aliphatic carbocycles. The molecule has 1 N–H and O–H groups in total. The highest BCUT2D eigenvalue weighted by atomic mass is 19.1. The van der Waals surface area contributed by atoms with E-state index in [0.717, 1.165) is 0 Å². The number of aromatic nitrogens is 2. The average molecular weight is 233 g/mol. The first-order valence-corrected chi connectivity index (χ1v) is 5.10. The van der Waals surface area contributed by atoms with E-state index in [1.165, 1.54) is 7.11 Å².